The van der Waals surface area contributed by atoms with Crippen LogP contribution in [0, 0.1) is 6.92 Å². The average molecular weight is 314 g/mol. The summed E-state index contributed by atoms with van der Waals surface area (Å²) in [6, 6.07) is 3.75. The third-order valence-corrected chi connectivity index (χ3v) is 3.88. The predicted molar refractivity (Wildman–Crippen MR) is 83.1 cm³/mol. The minimum Gasteiger partial charge on any atom is -0.473 e. The van der Waals surface area contributed by atoms with Crippen molar-refractivity contribution in [1.82, 2.24) is 9.97 Å². The van der Waals surface area contributed by atoms with Crippen LogP contribution in [0.25, 0.3) is 0 Å². The summed E-state index contributed by atoms with van der Waals surface area (Å²) in [6.07, 6.45) is 1.64. The first-order valence-corrected chi connectivity index (χ1v) is 7.11. The maximum absolute atomic E-state index is 6.43. The van der Waals surface area contributed by atoms with E-state index in [2.05, 4.69) is 21.8 Å². The Morgan fingerprint density at radius 1 is 1.35 bits per heavy atom. The van der Waals surface area contributed by atoms with Crippen molar-refractivity contribution >= 4 is 28.9 Å². The number of benzene rings is 1. The monoisotopic (exact) mass is 313 g/mol. The lowest BCUT2D eigenvalue weighted by atomic mass is 10.2. The summed E-state index contributed by atoms with van der Waals surface area (Å²) in [6.45, 7) is 5.09. The van der Waals surface area contributed by atoms with Gasteiger partial charge in [0, 0.05) is 24.2 Å². The Labute approximate surface area is 128 Å². The molecule has 0 amide bonds. The zero-order valence-electron chi connectivity index (χ0n) is 11.7. The quantitative estimate of drug-likeness (QED) is 0.905. The summed E-state index contributed by atoms with van der Waals surface area (Å²) in [5.41, 5.74) is 1.72. The molecule has 2 rings (SSSR count). The Morgan fingerprint density at radius 3 is 2.70 bits per heavy atom. The number of rotatable bonds is 5. The number of hydrogen-bond donors (Lipinski definition) is 1. The van der Waals surface area contributed by atoms with Crippen molar-refractivity contribution in [2.75, 3.05) is 18.5 Å². The van der Waals surface area contributed by atoms with Gasteiger partial charge in [0.1, 0.15) is 12.4 Å². The van der Waals surface area contributed by atoms with Crippen LogP contribution in [-0.2, 0) is 6.61 Å². The summed E-state index contributed by atoms with van der Waals surface area (Å²) in [4.78, 5) is 9.14. The highest BCUT2D eigenvalue weighted by Gasteiger charge is 2.14. The molecule has 0 spiro atoms. The van der Waals surface area contributed by atoms with Gasteiger partial charge in [-0.3, -0.25) is 0 Å². The molecule has 0 saturated carbocycles. The number of hydrogen-bond acceptors (Lipinski definition) is 3. The van der Waals surface area contributed by atoms with Crippen LogP contribution < -0.4 is 9.64 Å². The second kappa shape index (κ2) is 6.37. The number of imidazole rings is 1. The van der Waals surface area contributed by atoms with Gasteiger partial charge in [-0.2, -0.15) is 0 Å². The summed E-state index contributed by atoms with van der Waals surface area (Å²) in [5, 5.41) is 1.22. The lowest BCUT2D eigenvalue weighted by molar-refractivity contribution is 0.295. The Morgan fingerprint density at radius 2 is 2.10 bits per heavy atom. The van der Waals surface area contributed by atoms with Gasteiger partial charge >= 0.3 is 0 Å². The van der Waals surface area contributed by atoms with E-state index in [1.54, 1.807) is 6.20 Å². The Bertz CT molecular complexity index is 598. The van der Waals surface area contributed by atoms with Crippen LogP contribution in [-0.4, -0.2) is 23.6 Å². The van der Waals surface area contributed by atoms with E-state index in [0.29, 0.717) is 22.5 Å². The second-order valence-electron chi connectivity index (χ2n) is 4.49. The number of nitrogens with zero attached hydrogens (tertiary/aromatic N) is 2. The third kappa shape index (κ3) is 3.19. The number of ether oxygens (including phenoxy) is 1. The zero-order chi connectivity index (χ0) is 14.7. The topological polar surface area (TPSA) is 41.1 Å². The Kier molecular flexibility index (Phi) is 4.78. The molecule has 0 bridgehead atoms. The molecule has 0 saturated heterocycles. The Hall–Kier alpha value is -1.39. The first-order chi connectivity index (χ1) is 9.52. The van der Waals surface area contributed by atoms with Crippen molar-refractivity contribution in [3.8, 4) is 5.88 Å². The van der Waals surface area contributed by atoms with Crippen molar-refractivity contribution in [3.63, 3.8) is 0 Å². The molecule has 1 aromatic carbocycles. The molecule has 1 N–H and O–H groups in total. The van der Waals surface area contributed by atoms with Gasteiger partial charge in [-0.1, -0.05) is 23.2 Å². The van der Waals surface area contributed by atoms with E-state index in [4.69, 9.17) is 27.9 Å². The molecule has 0 atom stereocenters. The van der Waals surface area contributed by atoms with Crippen molar-refractivity contribution in [1.29, 1.82) is 0 Å². The van der Waals surface area contributed by atoms with E-state index in [0.717, 1.165) is 23.6 Å². The van der Waals surface area contributed by atoms with Crippen LogP contribution in [0.2, 0.25) is 10.0 Å². The molecule has 108 valence electrons. The molecule has 0 aliphatic rings. The van der Waals surface area contributed by atoms with Gasteiger partial charge in [-0.05, 0) is 26.0 Å². The second-order valence-corrected chi connectivity index (χ2v) is 5.28. The fourth-order valence-electron chi connectivity index (χ4n) is 1.80. The van der Waals surface area contributed by atoms with E-state index >= 15 is 0 Å². The molecule has 6 heteroatoms. The van der Waals surface area contributed by atoms with Gasteiger partial charge in [0.25, 0.3) is 0 Å². The normalized spacial score (nSPS) is 10.7. The summed E-state index contributed by atoms with van der Waals surface area (Å²) in [5.74, 6) is 1.40. The number of anilines is 1. The van der Waals surface area contributed by atoms with Crippen molar-refractivity contribution < 1.29 is 4.74 Å². The molecule has 1 aromatic heterocycles. The smallest absolute Gasteiger partial charge is 0.211 e. The van der Waals surface area contributed by atoms with E-state index in [1.807, 2.05) is 26.1 Å². The number of nitrogens with one attached hydrogen (secondary N) is 1. The van der Waals surface area contributed by atoms with E-state index in [-0.39, 0.29) is 0 Å². The van der Waals surface area contributed by atoms with Crippen LogP contribution >= 0.6 is 23.2 Å². The largest absolute Gasteiger partial charge is 0.473 e. The summed E-state index contributed by atoms with van der Waals surface area (Å²) in [7, 11) is 1.98. The molecular formula is C14H17Cl2N3O. The molecule has 0 aliphatic carbocycles. The average Bonchev–Trinajstić information content (AvgIpc) is 2.83. The lowest BCUT2D eigenvalue weighted by Crippen LogP contribution is -2.16. The number of halogens is 2. The highest BCUT2D eigenvalue weighted by Crippen LogP contribution is 2.34. The number of aromatic nitrogens is 2. The minimum atomic E-state index is 0.296. The summed E-state index contributed by atoms with van der Waals surface area (Å²) < 4.78 is 5.64. The van der Waals surface area contributed by atoms with Crippen LogP contribution in [0.4, 0.5) is 5.69 Å². The molecule has 1 heterocycles. The van der Waals surface area contributed by atoms with Gasteiger partial charge in [0.15, 0.2) is 0 Å². The maximum Gasteiger partial charge on any atom is 0.211 e. The lowest BCUT2D eigenvalue weighted by Gasteiger charge is -2.20. The van der Waals surface area contributed by atoms with Crippen LogP contribution in [0.3, 0.4) is 0 Å². The van der Waals surface area contributed by atoms with Crippen molar-refractivity contribution in [3.05, 3.63) is 39.8 Å². The van der Waals surface area contributed by atoms with E-state index in [1.165, 1.54) is 0 Å². The van der Waals surface area contributed by atoms with Crippen LogP contribution in [0.15, 0.2) is 18.3 Å². The number of aromatic amines is 1. The zero-order valence-corrected chi connectivity index (χ0v) is 13.2. The fraction of sp³-hybridized carbons (Fsp3) is 0.357. The van der Waals surface area contributed by atoms with Gasteiger partial charge in [-0.25, -0.2) is 4.98 Å². The first kappa shape index (κ1) is 15.0. The van der Waals surface area contributed by atoms with E-state index in [9.17, 15) is 0 Å². The first-order valence-electron chi connectivity index (χ1n) is 6.35. The molecule has 2 aromatic rings. The summed E-state index contributed by atoms with van der Waals surface area (Å²) >= 11 is 12.6. The molecule has 0 aliphatic heterocycles. The molecule has 0 radical (unpaired) electrons. The predicted octanol–water partition coefficient (Wildman–Crippen LogP) is 4.06. The maximum atomic E-state index is 6.43. The molecular weight excluding hydrogens is 297 g/mol. The highest BCUT2D eigenvalue weighted by atomic mass is 35.5. The number of H-pyrrole nitrogens is 1. The third-order valence-electron chi connectivity index (χ3n) is 3.10. The molecule has 4 nitrogen and oxygen atoms in total. The van der Waals surface area contributed by atoms with E-state index < -0.39 is 0 Å². The minimum absolute atomic E-state index is 0.296. The molecule has 0 fully saturated rings. The molecule has 0 unspecified atom stereocenters. The van der Waals surface area contributed by atoms with Gasteiger partial charge in [0.05, 0.1) is 16.9 Å². The fourth-order valence-corrected chi connectivity index (χ4v) is 2.43. The van der Waals surface area contributed by atoms with Gasteiger partial charge in [0.2, 0.25) is 5.88 Å². The van der Waals surface area contributed by atoms with Crippen LogP contribution in [0.1, 0.15) is 18.3 Å². The number of aryl methyl sites for hydroxylation is 1. The SMILES string of the molecule is CCN(C)c1ccc(Cl)c(COc2cnc(C)[nH]2)c1Cl. The van der Waals surface area contributed by atoms with Crippen molar-refractivity contribution in [2.24, 2.45) is 0 Å². The van der Waals surface area contributed by atoms with Crippen molar-refractivity contribution in [2.45, 2.75) is 20.5 Å². The van der Waals surface area contributed by atoms with Gasteiger partial charge in [-0.15, -0.1) is 0 Å². The van der Waals surface area contributed by atoms with Crippen LogP contribution in [0.5, 0.6) is 5.88 Å². The Balaban J connectivity index is 2.22. The van der Waals surface area contributed by atoms with Gasteiger partial charge < -0.3 is 14.6 Å². The highest BCUT2D eigenvalue weighted by molar-refractivity contribution is 6.37. The molecule has 20 heavy (non-hydrogen) atoms. The standard InChI is InChI=1S/C14H17Cl2N3O/c1-4-19(3)12-6-5-11(15)10(14(12)16)8-20-13-7-17-9(2)18-13/h5-7H,4,8H2,1-3H3,(H,17,18).